The van der Waals surface area contributed by atoms with E-state index in [0.29, 0.717) is 5.92 Å². The van der Waals surface area contributed by atoms with E-state index in [1.54, 1.807) is 12.1 Å². The Bertz CT molecular complexity index is 437. The Morgan fingerprint density at radius 3 is 2.37 bits per heavy atom. The van der Waals surface area contributed by atoms with Crippen LogP contribution < -0.4 is 4.74 Å². The van der Waals surface area contributed by atoms with E-state index in [1.165, 1.54) is 7.11 Å². The molecule has 0 saturated carbocycles. The molecule has 0 aliphatic carbocycles. The highest BCUT2D eigenvalue weighted by molar-refractivity contribution is 5.40. The molecule has 1 heterocycles. The van der Waals surface area contributed by atoms with Gasteiger partial charge in [0.2, 0.25) is 0 Å². The lowest BCUT2D eigenvalue weighted by Gasteiger charge is -2.29. The summed E-state index contributed by atoms with van der Waals surface area (Å²) in [6.45, 7) is 1.96. The first-order valence-corrected chi connectivity index (χ1v) is 6.35. The number of likely N-dealkylation sites (tertiary alicyclic amines) is 1. The van der Waals surface area contributed by atoms with Gasteiger partial charge < -0.3 is 9.64 Å². The van der Waals surface area contributed by atoms with Gasteiger partial charge >= 0.3 is 6.18 Å². The Balaban J connectivity index is 2.24. The number of hydrogen-bond donors (Lipinski definition) is 0. The van der Waals surface area contributed by atoms with E-state index in [1.807, 2.05) is 0 Å². The van der Waals surface area contributed by atoms with Crippen LogP contribution in [0, 0.1) is 0 Å². The van der Waals surface area contributed by atoms with E-state index in [0.717, 1.165) is 37.6 Å². The zero-order chi connectivity index (χ0) is 14.0. The topological polar surface area (TPSA) is 12.5 Å². The molecule has 1 aliphatic heterocycles. The quantitative estimate of drug-likeness (QED) is 0.817. The maximum absolute atomic E-state index is 12.8. The molecule has 0 amide bonds. The van der Waals surface area contributed by atoms with Gasteiger partial charge in [0.05, 0.1) is 12.7 Å². The van der Waals surface area contributed by atoms with Crippen LogP contribution in [0.5, 0.6) is 5.75 Å². The predicted molar refractivity (Wildman–Crippen MR) is 67.5 cm³/mol. The van der Waals surface area contributed by atoms with Gasteiger partial charge in [0.15, 0.2) is 0 Å². The lowest BCUT2D eigenvalue weighted by atomic mass is 9.89. The molecule has 0 spiro atoms. The Labute approximate surface area is 111 Å². The van der Waals surface area contributed by atoms with Crippen LogP contribution in [-0.4, -0.2) is 32.1 Å². The average molecular weight is 273 g/mol. The van der Waals surface area contributed by atoms with Crippen molar-refractivity contribution in [3.8, 4) is 5.75 Å². The summed E-state index contributed by atoms with van der Waals surface area (Å²) in [7, 11) is 3.34. The van der Waals surface area contributed by atoms with Crippen LogP contribution in [0.3, 0.4) is 0 Å². The van der Waals surface area contributed by atoms with Crippen molar-refractivity contribution < 1.29 is 17.9 Å². The minimum atomic E-state index is -4.36. The number of halogens is 3. The molecular weight excluding hydrogens is 255 g/mol. The summed E-state index contributed by atoms with van der Waals surface area (Å²) in [6.07, 6.45) is -2.41. The molecule has 0 unspecified atom stereocenters. The lowest BCUT2D eigenvalue weighted by Crippen LogP contribution is -2.29. The normalized spacial score (nSPS) is 18.6. The van der Waals surface area contributed by atoms with Crippen molar-refractivity contribution in [1.82, 2.24) is 4.90 Å². The first-order chi connectivity index (χ1) is 8.91. The van der Waals surface area contributed by atoms with E-state index in [2.05, 4.69) is 11.9 Å². The maximum atomic E-state index is 12.8. The van der Waals surface area contributed by atoms with E-state index in [4.69, 9.17) is 4.74 Å². The monoisotopic (exact) mass is 273 g/mol. The molecule has 1 aliphatic rings. The van der Waals surface area contributed by atoms with Gasteiger partial charge in [0, 0.05) is 0 Å². The molecule has 1 aromatic carbocycles. The molecule has 0 atom stereocenters. The third-order valence-electron chi connectivity index (χ3n) is 3.72. The molecule has 106 valence electrons. The van der Waals surface area contributed by atoms with E-state index in [-0.39, 0.29) is 5.75 Å². The summed E-state index contributed by atoms with van der Waals surface area (Å²) >= 11 is 0. The fourth-order valence-corrected chi connectivity index (χ4v) is 2.54. The van der Waals surface area contributed by atoms with Crippen LogP contribution in [0.1, 0.15) is 29.9 Å². The molecule has 0 radical (unpaired) electrons. The summed E-state index contributed by atoms with van der Waals surface area (Å²) in [5, 5.41) is 0. The van der Waals surface area contributed by atoms with Gasteiger partial charge in [0.1, 0.15) is 5.75 Å². The Hall–Kier alpha value is -1.23. The van der Waals surface area contributed by atoms with Crippen LogP contribution >= 0.6 is 0 Å². The zero-order valence-corrected chi connectivity index (χ0v) is 11.1. The van der Waals surface area contributed by atoms with Crippen LogP contribution in [0.4, 0.5) is 13.2 Å². The molecule has 1 aromatic rings. The first-order valence-electron chi connectivity index (χ1n) is 6.35. The highest BCUT2D eigenvalue weighted by Crippen LogP contribution is 2.39. The molecule has 2 rings (SSSR count). The summed E-state index contributed by atoms with van der Waals surface area (Å²) in [6, 6.07) is 4.26. The lowest BCUT2D eigenvalue weighted by molar-refractivity contribution is -0.138. The van der Waals surface area contributed by atoms with Crippen molar-refractivity contribution in [2.24, 2.45) is 0 Å². The second-order valence-electron chi connectivity index (χ2n) is 5.04. The molecule has 1 fully saturated rings. The number of benzene rings is 1. The molecule has 0 N–H and O–H groups in total. The van der Waals surface area contributed by atoms with Gasteiger partial charge in [-0.15, -0.1) is 0 Å². The second kappa shape index (κ2) is 5.41. The van der Waals surface area contributed by atoms with Gasteiger partial charge in [0.25, 0.3) is 0 Å². The molecule has 1 saturated heterocycles. The number of piperidine rings is 1. The van der Waals surface area contributed by atoms with Crippen LogP contribution in [0.25, 0.3) is 0 Å². The summed E-state index contributed by atoms with van der Waals surface area (Å²) in [4.78, 5) is 2.23. The number of rotatable bonds is 2. The predicted octanol–water partition coefficient (Wildman–Crippen LogP) is 3.52. The molecule has 5 heteroatoms. The third kappa shape index (κ3) is 3.21. The van der Waals surface area contributed by atoms with Crippen molar-refractivity contribution in [3.63, 3.8) is 0 Å². The number of hydrogen-bond acceptors (Lipinski definition) is 2. The van der Waals surface area contributed by atoms with Crippen molar-refractivity contribution in [3.05, 3.63) is 29.3 Å². The number of nitrogens with zero attached hydrogens (tertiary/aromatic N) is 1. The van der Waals surface area contributed by atoms with Gasteiger partial charge in [-0.3, -0.25) is 0 Å². The van der Waals surface area contributed by atoms with Crippen molar-refractivity contribution >= 4 is 0 Å². The van der Waals surface area contributed by atoms with Crippen molar-refractivity contribution in [1.29, 1.82) is 0 Å². The largest absolute Gasteiger partial charge is 0.496 e. The molecule has 0 aromatic heterocycles. The summed E-state index contributed by atoms with van der Waals surface area (Å²) in [5.74, 6) is 0.247. The van der Waals surface area contributed by atoms with E-state index in [9.17, 15) is 13.2 Å². The molecule has 2 nitrogen and oxygen atoms in total. The number of methoxy groups -OCH3 is 1. The third-order valence-corrected chi connectivity index (χ3v) is 3.72. The standard InChI is InChI=1S/C14H18F3NO/c1-18-7-5-10(6-8-18)11-3-4-12(14(15,16)17)13(9-11)19-2/h3-4,9-10H,5-8H2,1-2H3. The van der Waals surface area contributed by atoms with Crippen LogP contribution in [0.2, 0.25) is 0 Å². The average Bonchev–Trinajstić information content (AvgIpc) is 2.38. The smallest absolute Gasteiger partial charge is 0.419 e. The summed E-state index contributed by atoms with van der Waals surface area (Å²) in [5.41, 5.74) is 0.240. The van der Waals surface area contributed by atoms with Crippen LogP contribution in [-0.2, 0) is 6.18 Å². The maximum Gasteiger partial charge on any atom is 0.419 e. The highest BCUT2D eigenvalue weighted by Gasteiger charge is 2.34. The zero-order valence-electron chi connectivity index (χ0n) is 11.1. The number of alkyl halides is 3. The molecule has 0 bridgehead atoms. The number of ether oxygens (including phenoxy) is 1. The molecule has 19 heavy (non-hydrogen) atoms. The van der Waals surface area contributed by atoms with Crippen LogP contribution in [0.15, 0.2) is 18.2 Å². The van der Waals surface area contributed by atoms with Gasteiger partial charge in [-0.1, -0.05) is 6.07 Å². The van der Waals surface area contributed by atoms with Gasteiger partial charge in [-0.25, -0.2) is 0 Å². The Morgan fingerprint density at radius 1 is 1.21 bits per heavy atom. The van der Waals surface area contributed by atoms with Gasteiger partial charge in [-0.2, -0.15) is 13.2 Å². The fourth-order valence-electron chi connectivity index (χ4n) is 2.54. The van der Waals surface area contributed by atoms with E-state index < -0.39 is 11.7 Å². The minimum absolute atomic E-state index is 0.0797. The SMILES string of the molecule is COc1cc(C2CCN(C)CC2)ccc1C(F)(F)F. The first kappa shape index (κ1) is 14.2. The van der Waals surface area contributed by atoms with Crippen molar-refractivity contribution in [2.75, 3.05) is 27.2 Å². The Morgan fingerprint density at radius 2 is 1.84 bits per heavy atom. The highest BCUT2D eigenvalue weighted by atomic mass is 19.4. The fraction of sp³-hybridized carbons (Fsp3) is 0.571. The van der Waals surface area contributed by atoms with Gasteiger partial charge in [-0.05, 0) is 56.6 Å². The van der Waals surface area contributed by atoms with Crippen molar-refractivity contribution in [2.45, 2.75) is 24.9 Å². The minimum Gasteiger partial charge on any atom is -0.496 e. The Kier molecular flexibility index (Phi) is 4.04. The second-order valence-corrected chi connectivity index (χ2v) is 5.04. The molecular formula is C14H18F3NO. The van der Waals surface area contributed by atoms with E-state index >= 15 is 0 Å². The summed E-state index contributed by atoms with van der Waals surface area (Å²) < 4.78 is 43.2.